The van der Waals surface area contributed by atoms with Crippen LogP contribution in [0.15, 0.2) is 23.2 Å². The second-order valence-electron chi connectivity index (χ2n) is 5.51. The third-order valence-electron chi connectivity index (χ3n) is 3.96. The lowest BCUT2D eigenvalue weighted by Gasteiger charge is -2.11. The van der Waals surface area contributed by atoms with Gasteiger partial charge in [0, 0.05) is 20.6 Å². The molecule has 128 valence electrons. The van der Waals surface area contributed by atoms with Crippen LogP contribution in [-0.2, 0) is 20.0 Å². The van der Waals surface area contributed by atoms with Crippen molar-refractivity contribution in [3.8, 4) is 11.5 Å². The Morgan fingerprint density at radius 2 is 2.08 bits per heavy atom. The molecule has 0 spiro atoms. The van der Waals surface area contributed by atoms with Crippen LogP contribution in [0, 0.1) is 6.92 Å². The third kappa shape index (κ3) is 3.58. The highest BCUT2D eigenvalue weighted by Crippen LogP contribution is 2.32. The fourth-order valence-electron chi connectivity index (χ4n) is 2.41. The first-order chi connectivity index (χ1) is 11.7. The number of hydrogen-bond acceptors (Lipinski definition) is 5. The molecule has 0 saturated heterocycles. The van der Waals surface area contributed by atoms with Crippen molar-refractivity contribution < 1.29 is 9.47 Å². The largest absolute Gasteiger partial charge is 0.454 e. The Bertz CT molecular complexity index is 740. The molecule has 0 fully saturated rings. The van der Waals surface area contributed by atoms with Gasteiger partial charge < -0.3 is 24.7 Å². The van der Waals surface area contributed by atoms with Crippen LogP contribution in [-0.4, -0.2) is 41.1 Å². The maximum absolute atomic E-state index is 5.39. The minimum Gasteiger partial charge on any atom is -0.454 e. The standard InChI is InChI=1S/C16H22N6O2/c1-11-20-21-15(22(11)3)9-19-16(17-2)18-7-6-12-4-5-13-14(8-12)24-10-23-13/h4-5,8H,6-7,9-10H2,1-3H3,(H2,17,18,19). The summed E-state index contributed by atoms with van der Waals surface area (Å²) in [6, 6.07) is 6.01. The van der Waals surface area contributed by atoms with Crippen LogP contribution in [0.4, 0.5) is 0 Å². The molecule has 2 heterocycles. The van der Waals surface area contributed by atoms with Gasteiger partial charge in [0.1, 0.15) is 5.82 Å². The van der Waals surface area contributed by atoms with E-state index in [0.29, 0.717) is 13.3 Å². The van der Waals surface area contributed by atoms with Gasteiger partial charge in [-0.3, -0.25) is 4.99 Å². The average molecular weight is 330 g/mol. The van der Waals surface area contributed by atoms with Crippen LogP contribution < -0.4 is 20.1 Å². The normalized spacial score (nSPS) is 13.2. The summed E-state index contributed by atoms with van der Waals surface area (Å²) >= 11 is 0. The zero-order valence-corrected chi connectivity index (χ0v) is 14.2. The number of fused-ring (bicyclic) bond motifs is 1. The van der Waals surface area contributed by atoms with Crippen molar-refractivity contribution in [2.45, 2.75) is 19.9 Å². The van der Waals surface area contributed by atoms with Crippen molar-refractivity contribution in [3.05, 3.63) is 35.4 Å². The average Bonchev–Trinajstić information content (AvgIpc) is 3.18. The molecule has 2 N–H and O–H groups in total. The van der Waals surface area contributed by atoms with E-state index in [9.17, 15) is 0 Å². The zero-order chi connectivity index (χ0) is 16.9. The van der Waals surface area contributed by atoms with E-state index in [4.69, 9.17) is 9.47 Å². The van der Waals surface area contributed by atoms with E-state index in [1.165, 1.54) is 5.56 Å². The number of aryl methyl sites for hydroxylation is 1. The second-order valence-corrected chi connectivity index (χ2v) is 5.51. The summed E-state index contributed by atoms with van der Waals surface area (Å²) in [4.78, 5) is 4.22. The van der Waals surface area contributed by atoms with E-state index in [0.717, 1.165) is 42.1 Å². The van der Waals surface area contributed by atoms with Gasteiger partial charge >= 0.3 is 0 Å². The SMILES string of the molecule is CN=C(NCCc1ccc2c(c1)OCO2)NCc1nnc(C)n1C. The fourth-order valence-corrected chi connectivity index (χ4v) is 2.41. The van der Waals surface area contributed by atoms with Crippen LogP contribution in [0.25, 0.3) is 0 Å². The number of nitrogens with zero attached hydrogens (tertiary/aromatic N) is 4. The summed E-state index contributed by atoms with van der Waals surface area (Å²) in [6.45, 7) is 3.56. The first kappa shape index (κ1) is 16.1. The summed E-state index contributed by atoms with van der Waals surface area (Å²) in [5.41, 5.74) is 1.19. The molecule has 0 unspecified atom stereocenters. The molecule has 0 saturated carbocycles. The van der Waals surface area contributed by atoms with E-state index in [-0.39, 0.29) is 0 Å². The molecule has 3 rings (SSSR count). The molecule has 0 radical (unpaired) electrons. The highest BCUT2D eigenvalue weighted by atomic mass is 16.7. The first-order valence-electron chi connectivity index (χ1n) is 7.85. The Labute approximate surface area is 140 Å². The number of aromatic nitrogens is 3. The van der Waals surface area contributed by atoms with Crippen LogP contribution in [0.3, 0.4) is 0 Å². The number of ether oxygens (including phenoxy) is 2. The van der Waals surface area contributed by atoms with Crippen LogP contribution >= 0.6 is 0 Å². The number of nitrogens with one attached hydrogen (secondary N) is 2. The maximum Gasteiger partial charge on any atom is 0.231 e. The highest BCUT2D eigenvalue weighted by Gasteiger charge is 2.13. The molecule has 1 aliphatic heterocycles. The molecule has 2 aromatic rings. The van der Waals surface area contributed by atoms with Gasteiger partial charge in [-0.2, -0.15) is 0 Å². The van der Waals surface area contributed by atoms with Gasteiger partial charge in [-0.1, -0.05) is 6.07 Å². The van der Waals surface area contributed by atoms with Crippen molar-refractivity contribution in [1.29, 1.82) is 0 Å². The Hall–Kier alpha value is -2.77. The van der Waals surface area contributed by atoms with Crippen molar-refractivity contribution in [2.75, 3.05) is 20.4 Å². The molecule has 8 heteroatoms. The van der Waals surface area contributed by atoms with E-state index >= 15 is 0 Å². The molecule has 24 heavy (non-hydrogen) atoms. The molecular weight excluding hydrogens is 308 g/mol. The third-order valence-corrected chi connectivity index (χ3v) is 3.96. The lowest BCUT2D eigenvalue weighted by atomic mass is 10.1. The van der Waals surface area contributed by atoms with E-state index in [2.05, 4.69) is 25.8 Å². The molecule has 8 nitrogen and oxygen atoms in total. The Balaban J connectivity index is 1.47. The molecule has 1 aromatic heterocycles. The minimum absolute atomic E-state index is 0.301. The molecule has 1 aromatic carbocycles. The predicted molar refractivity (Wildman–Crippen MR) is 90.2 cm³/mol. The highest BCUT2D eigenvalue weighted by molar-refractivity contribution is 5.79. The minimum atomic E-state index is 0.301. The lowest BCUT2D eigenvalue weighted by Crippen LogP contribution is -2.38. The van der Waals surface area contributed by atoms with E-state index in [1.54, 1.807) is 7.05 Å². The Morgan fingerprint density at radius 3 is 2.83 bits per heavy atom. The number of guanidine groups is 1. The summed E-state index contributed by atoms with van der Waals surface area (Å²) in [7, 11) is 3.69. The molecule has 0 amide bonds. The fraction of sp³-hybridized carbons (Fsp3) is 0.438. The van der Waals surface area contributed by atoms with Crippen LogP contribution in [0.2, 0.25) is 0 Å². The quantitative estimate of drug-likeness (QED) is 0.622. The van der Waals surface area contributed by atoms with Crippen molar-refractivity contribution >= 4 is 5.96 Å². The summed E-state index contributed by atoms with van der Waals surface area (Å²) < 4.78 is 12.7. The smallest absolute Gasteiger partial charge is 0.231 e. The molecule has 1 aliphatic rings. The van der Waals surface area contributed by atoms with Crippen LogP contribution in [0.5, 0.6) is 11.5 Å². The zero-order valence-electron chi connectivity index (χ0n) is 14.2. The molecule has 0 bridgehead atoms. The predicted octanol–water partition coefficient (Wildman–Crippen LogP) is 0.760. The van der Waals surface area contributed by atoms with Gasteiger partial charge in [-0.15, -0.1) is 10.2 Å². The van der Waals surface area contributed by atoms with Crippen molar-refractivity contribution in [3.63, 3.8) is 0 Å². The van der Waals surface area contributed by atoms with Crippen molar-refractivity contribution in [2.24, 2.45) is 12.0 Å². The van der Waals surface area contributed by atoms with Gasteiger partial charge in [0.25, 0.3) is 0 Å². The molecule has 0 aliphatic carbocycles. The van der Waals surface area contributed by atoms with E-state index < -0.39 is 0 Å². The first-order valence-corrected chi connectivity index (χ1v) is 7.85. The topological polar surface area (TPSA) is 85.6 Å². The van der Waals surface area contributed by atoms with E-state index in [1.807, 2.05) is 36.7 Å². The van der Waals surface area contributed by atoms with Crippen LogP contribution in [0.1, 0.15) is 17.2 Å². The number of benzene rings is 1. The molecular formula is C16H22N6O2. The number of rotatable bonds is 5. The Morgan fingerprint density at radius 1 is 1.25 bits per heavy atom. The number of aliphatic imine (C=N–C) groups is 1. The second kappa shape index (κ2) is 7.20. The number of hydrogen-bond donors (Lipinski definition) is 2. The lowest BCUT2D eigenvalue weighted by molar-refractivity contribution is 0.174. The maximum atomic E-state index is 5.39. The molecule has 0 atom stereocenters. The summed E-state index contributed by atoms with van der Waals surface area (Å²) in [5.74, 6) is 4.11. The van der Waals surface area contributed by atoms with Gasteiger partial charge in [0.15, 0.2) is 23.3 Å². The van der Waals surface area contributed by atoms with Gasteiger partial charge in [0.05, 0.1) is 6.54 Å². The van der Waals surface area contributed by atoms with Gasteiger partial charge in [-0.05, 0) is 31.0 Å². The van der Waals surface area contributed by atoms with Gasteiger partial charge in [-0.25, -0.2) is 0 Å². The Kier molecular flexibility index (Phi) is 4.83. The van der Waals surface area contributed by atoms with Gasteiger partial charge in [0.2, 0.25) is 6.79 Å². The summed E-state index contributed by atoms with van der Waals surface area (Å²) in [6.07, 6.45) is 0.862. The monoisotopic (exact) mass is 330 g/mol. The van der Waals surface area contributed by atoms with Crippen molar-refractivity contribution in [1.82, 2.24) is 25.4 Å². The summed E-state index contributed by atoms with van der Waals surface area (Å²) in [5, 5.41) is 14.7.